The number of phosphoric acid groups is 1. The maximum atomic E-state index is 12.9. The van der Waals surface area contributed by atoms with Crippen LogP contribution in [0.4, 0.5) is 0 Å². The Labute approximate surface area is 339 Å². The number of unbranched alkanes of at least 4 members (excludes halogenated alkanes) is 21. The van der Waals surface area contributed by atoms with Crippen molar-refractivity contribution < 1.29 is 32.9 Å². The van der Waals surface area contributed by atoms with E-state index in [-0.39, 0.29) is 19.1 Å². The van der Waals surface area contributed by atoms with Crippen molar-refractivity contribution in [3.63, 3.8) is 0 Å². The highest BCUT2D eigenvalue weighted by Crippen LogP contribution is 2.43. The highest BCUT2D eigenvalue weighted by Gasteiger charge is 2.27. The zero-order valence-electron chi connectivity index (χ0n) is 36.4. The zero-order chi connectivity index (χ0) is 40.7. The maximum absolute atomic E-state index is 12.9. The summed E-state index contributed by atoms with van der Waals surface area (Å²) in [7, 11) is 1.54. The Hall–Kier alpha value is -1.54. The molecule has 0 saturated heterocycles. The first-order chi connectivity index (χ1) is 26.5. The first-order valence-corrected chi connectivity index (χ1v) is 24.0. The van der Waals surface area contributed by atoms with Crippen molar-refractivity contribution in [2.75, 3.05) is 40.9 Å². The van der Waals surface area contributed by atoms with Gasteiger partial charge in [-0.2, -0.15) is 0 Å². The van der Waals surface area contributed by atoms with Gasteiger partial charge in [-0.3, -0.25) is 13.8 Å². The van der Waals surface area contributed by atoms with Gasteiger partial charge in [0.1, 0.15) is 13.2 Å². The molecule has 0 spiro atoms. The Morgan fingerprint density at radius 2 is 1.00 bits per heavy atom. The molecule has 0 radical (unpaired) electrons. The molecule has 322 valence electrons. The van der Waals surface area contributed by atoms with E-state index in [1.54, 1.807) is 6.08 Å². The SMILES string of the molecule is CCCCCCC/C=C/CC/C=C/CC/C=C/C(O)C(COP(=O)(O)OCC[N+](C)(C)C)NC(=O)CCCCCCC/C=C\CCCCCCCCCCC. The molecule has 0 aromatic rings. The molecule has 0 aliphatic heterocycles. The van der Waals surface area contributed by atoms with Crippen LogP contribution in [-0.4, -0.2) is 73.4 Å². The van der Waals surface area contributed by atoms with Gasteiger partial charge in [0.2, 0.25) is 5.91 Å². The molecule has 3 atom stereocenters. The van der Waals surface area contributed by atoms with E-state index in [9.17, 15) is 19.4 Å². The molecule has 0 aliphatic carbocycles. The lowest BCUT2D eigenvalue weighted by Gasteiger charge is -2.25. The number of phosphoric ester groups is 1. The summed E-state index contributed by atoms with van der Waals surface area (Å²) in [6.07, 6.45) is 47.5. The minimum absolute atomic E-state index is 0.0509. The van der Waals surface area contributed by atoms with Crippen molar-refractivity contribution >= 4 is 13.7 Å². The van der Waals surface area contributed by atoms with E-state index in [0.717, 1.165) is 57.8 Å². The molecule has 0 aromatic heterocycles. The molecule has 8 nitrogen and oxygen atoms in total. The number of amides is 1. The third kappa shape index (κ3) is 40.5. The molecule has 0 aliphatic rings. The number of hydrogen-bond donors (Lipinski definition) is 3. The summed E-state index contributed by atoms with van der Waals surface area (Å²) < 4.78 is 23.5. The number of aliphatic hydroxyl groups excluding tert-OH is 1. The first-order valence-electron chi connectivity index (χ1n) is 22.5. The number of quaternary nitrogens is 1. The maximum Gasteiger partial charge on any atom is 0.472 e. The number of nitrogens with one attached hydrogen (secondary N) is 1. The van der Waals surface area contributed by atoms with Gasteiger partial charge in [0, 0.05) is 6.42 Å². The second kappa shape index (κ2) is 38.0. The summed E-state index contributed by atoms with van der Waals surface area (Å²) in [5.74, 6) is -0.201. The van der Waals surface area contributed by atoms with E-state index in [0.29, 0.717) is 17.4 Å². The quantitative estimate of drug-likeness (QED) is 0.0247. The summed E-state index contributed by atoms with van der Waals surface area (Å²) in [4.78, 5) is 23.1. The Morgan fingerprint density at radius 3 is 1.45 bits per heavy atom. The Bertz CT molecular complexity index is 1040. The second-order valence-electron chi connectivity index (χ2n) is 16.4. The van der Waals surface area contributed by atoms with E-state index in [2.05, 4.69) is 55.6 Å². The predicted molar refractivity (Wildman–Crippen MR) is 235 cm³/mol. The van der Waals surface area contributed by atoms with Crippen LogP contribution in [0.2, 0.25) is 0 Å². The van der Waals surface area contributed by atoms with Gasteiger partial charge < -0.3 is 19.8 Å². The minimum Gasteiger partial charge on any atom is -0.387 e. The van der Waals surface area contributed by atoms with Crippen LogP contribution in [0, 0.1) is 0 Å². The van der Waals surface area contributed by atoms with E-state index < -0.39 is 20.0 Å². The average Bonchev–Trinajstić information content (AvgIpc) is 3.13. The number of aliphatic hydroxyl groups is 1. The molecule has 1 amide bonds. The smallest absolute Gasteiger partial charge is 0.387 e. The third-order valence-electron chi connectivity index (χ3n) is 9.75. The molecule has 0 rings (SSSR count). The van der Waals surface area contributed by atoms with Crippen LogP contribution in [0.3, 0.4) is 0 Å². The number of likely N-dealkylation sites (N-methyl/N-ethyl adjacent to an activating group) is 1. The van der Waals surface area contributed by atoms with E-state index in [1.165, 1.54) is 109 Å². The van der Waals surface area contributed by atoms with Gasteiger partial charge in [0.15, 0.2) is 0 Å². The summed E-state index contributed by atoms with van der Waals surface area (Å²) in [5.41, 5.74) is 0. The highest BCUT2D eigenvalue weighted by atomic mass is 31.2. The number of rotatable bonds is 40. The standard InChI is InChI=1S/C46H87N2O6P/c1-6-8-10-12-14-16-18-20-22-23-24-26-28-30-32-34-36-38-40-46(50)47-44(43-54-55(51,52)53-42-41-48(3,4)5)45(49)39-37-35-33-31-29-27-25-21-19-17-15-13-11-9-7-2/h19,21,24,26,29,31,37,39,44-45,49H,6-18,20,22-23,25,27-28,30,32-36,38,40-43H2,1-5H3,(H-,47,50,51,52)/p+1/b21-19+,26-24-,31-29+,39-37+. The number of hydrogen-bond acceptors (Lipinski definition) is 5. The normalized spacial score (nSPS) is 14.8. The Morgan fingerprint density at radius 1 is 0.600 bits per heavy atom. The van der Waals surface area contributed by atoms with Crippen molar-refractivity contribution in [1.29, 1.82) is 0 Å². The van der Waals surface area contributed by atoms with Crippen LogP contribution < -0.4 is 5.32 Å². The largest absolute Gasteiger partial charge is 0.472 e. The fourth-order valence-electron chi connectivity index (χ4n) is 6.12. The minimum atomic E-state index is -4.35. The van der Waals surface area contributed by atoms with Crippen LogP contribution in [0.1, 0.15) is 187 Å². The Kier molecular flexibility index (Phi) is 36.9. The van der Waals surface area contributed by atoms with Crippen molar-refractivity contribution in [1.82, 2.24) is 5.32 Å². The van der Waals surface area contributed by atoms with E-state index >= 15 is 0 Å². The van der Waals surface area contributed by atoms with Gasteiger partial charge in [-0.1, -0.05) is 159 Å². The number of allylic oxidation sites excluding steroid dienone is 7. The molecule has 0 saturated carbocycles. The van der Waals surface area contributed by atoms with Gasteiger partial charge in [0.05, 0.1) is 39.9 Å². The topological polar surface area (TPSA) is 105 Å². The van der Waals surface area contributed by atoms with Gasteiger partial charge in [-0.15, -0.1) is 0 Å². The van der Waals surface area contributed by atoms with E-state index in [1.807, 2.05) is 27.2 Å². The van der Waals surface area contributed by atoms with Crippen LogP contribution in [0.5, 0.6) is 0 Å². The summed E-state index contributed by atoms with van der Waals surface area (Å²) in [5, 5.41) is 13.8. The zero-order valence-corrected chi connectivity index (χ0v) is 37.3. The summed E-state index contributed by atoms with van der Waals surface area (Å²) in [6.45, 7) is 4.75. The summed E-state index contributed by atoms with van der Waals surface area (Å²) in [6, 6.07) is -0.873. The molecular formula is C46H88N2O6P+. The van der Waals surface area contributed by atoms with Crippen LogP contribution in [0.15, 0.2) is 48.6 Å². The number of nitrogens with zero attached hydrogens (tertiary/aromatic N) is 1. The van der Waals surface area contributed by atoms with Crippen molar-refractivity contribution in [2.45, 2.75) is 199 Å². The monoisotopic (exact) mass is 796 g/mol. The predicted octanol–water partition coefficient (Wildman–Crippen LogP) is 12.5. The van der Waals surface area contributed by atoms with Gasteiger partial charge in [0.25, 0.3) is 0 Å². The van der Waals surface area contributed by atoms with Crippen LogP contribution >= 0.6 is 7.82 Å². The van der Waals surface area contributed by atoms with Crippen molar-refractivity contribution in [3.05, 3.63) is 48.6 Å². The van der Waals surface area contributed by atoms with Crippen molar-refractivity contribution in [3.8, 4) is 0 Å². The highest BCUT2D eigenvalue weighted by molar-refractivity contribution is 7.47. The molecule has 3 unspecified atom stereocenters. The lowest BCUT2D eigenvalue weighted by atomic mass is 10.1. The molecule has 0 aromatic carbocycles. The summed E-state index contributed by atoms with van der Waals surface area (Å²) >= 11 is 0. The van der Waals surface area contributed by atoms with E-state index in [4.69, 9.17) is 9.05 Å². The van der Waals surface area contributed by atoms with Crippen molar-refractivity contribution in [2.24, 2.45) is 0 Å². The van der Waals surface area contributed by atoms with Gasteiger partial charge >= 0.3 is 7.82 Å². The molecule has 0 bridgehead atoms. The average molecular weight is 796 g/mol. The van der Waals surface area contributed by atoms with Crippen LogP contribution in [0.25, 0.3) is 0 Å². The molecule has 0 fully saturated rings. The third-order valence-corrected chi connectivity index (χ3v) is 10.7. The Balaban J connectivity index is 4.49. The lowest BCUT2D eigenvalue weighted by molar-refractivity contribution is -0.870. The molecule has 0 heterocycles. The van der Waals surface area contributed by atoms with Gasteiger partial charge in [-0.25, -0.2) is 4.57 Å². The molecular weight excluding hydrogens is 707 g/mol. The molecule has 3 N–H and O–H groups in total. The number of carbonyl (C=O) groups excluding carboxylic acids is 1. The van der Waals surface area contributed by atoms with Gasteiger partial charge in [-0.05, 0) is 70.6 Å². The molecule has 9 heteroatoms. The van der Waals surface area contributed by atoms with Crippen LogP contribution in [-0.2, 0) is 18.4 Å². The molecule has 55 heavy (non-hydrogen) atoms. The fourth-order valence-corrected chi connectivity index (χ4v) is 6.86. The fraction of sp³-hybridized carbons (Fsp3) is 0.804. The lowest BCUT2D eigenvalue weighted by Crippen LogP contribution is -2.45. The number of carbonyl (C=O) groups is 1. The first kappa shape index (κ1) is 53.5. The second-order valence-corrected chi connectivity index (χ2v) is 17.9.